The van der Waals surface area contributed by atoms with Gasteiger partial charge in [-0.15, -0.1) is 13.0 Å². The van der Waals surface area contributed by atoms with Crippen molar-refractivity contribution >= 4 is 11.3 Å². The lowest BCUT2D eigenvalue weighted by atomic mass is 9.94. The van der Waals surface area contributed by atoms with Crippen LogP contribution in [0.25, 0.3) is 5.57 Å². The highest BCUT2D eigenvalue weighted by molar-refractivity contribution is 6.01. The van der Waals surface area contributed by atoms with Crippen molar-refractivity contribution in [1.29, 1.82) is 0 Å². The monoisotopic (exact) mass is 291 g/mol. The molecule has 114 valence electrons. The molecule has 1 nitrogen and oxygen atoms in total. The van der Waals surface area contributed by atoms with E-state index < -0.39 is 0 Å². The quantitative estimate of drug-likeness (QED) is 0.289. The van der Waals surface area contributed by atoms with Crippen LogP contribution in [0, 0.1) is 19.3 Å². The van der Waals surface area contributed by atoms with E-state index in [0.29, 0.717) is 0 Å². The Morgan fingerprint density at radius 2 is 2.09 bits per heavy atom. The molecule has 0 radical (unpaired) electrons. The Morgan fingerprint density at radius 1 is 1.36 bits per heavy atom. The predicted molar refractivity (Wildman–Crippen MR) is 99.3 cm³/mol. The van der Waals surface area contributed by atoms with Crippen LogP contribution in [0.2, 0.25) is 0 Å². The molecule has 0 aromatic heterocycles. The van der Waals surface area contributed by atoms with Crippen LogP contribution in [0.4, 0.5) is 0 Å². The van der Waals surface area contributed by atoms with Gasteiger partial charge >= 0.3 is 0 Å². The van der Waals surface area contributed by atoms with Crippen LogP contribution < -0.4 is 0 Å². The van der Waals surface area contributed by atoms with Crippen molar-refractivity contribution in [2.75, 3.05) is 7.05 Å². The molecule has 1 rings (SSSR count). The van der Waals surface area contributed by atoms with Crippen molar-refractivity contribution in [2.24, 2.45) is 4.99 Å². The summed E-state index contributed by atoms with van der Waals surface area (Å²) < 4.78 is 0. The van der Waals surface area contributed by atoms with Crippen LogP contribution in [0.15, 0.2) is 53.6 Å². The SMILES string of the molecule is C#C/C=C(\C=C/C)c1ccc(C(CCC(=C)C)=NC)cc1C. The predicted octanol–water partition coefficient (Wildman–Crippen LogP) is 5.36. The van der Waals surface area contributed by atoms with E-state index in [1.54, 1.807) is 6.08 Å². The second-order valence-electron chi connectivity index (χ2n) is 5.42. The largest absolute Gasteiger partial charge is 0.292 e. The fourth-order valence-electron chi connectivity index (χ4n) is 2.37. The van der Waals surface area contributed by atoms with Crippen LogP contribution in [0.3, 0.4) is 0 Å². The van der Waals surface area contributed by atoms with E-state index in [1.807, 2.05) is 26.1 Å². The number of hydrogen-bond donors (Lipinski definition) is 0. The molecule has 0 aliphatic rings. The number of benzene rings is 1. The summed E-state index contributed by atoms with van der Waals surface area (Å²) in [6, 6.07) is 6.43. The molecular weight excluding hydrogens is 266 g/mol. The van der Waals surface area contributed by atoms with Gasteiger partial charge in [-0.3, -0.25) is 4.99 Å². The molecule has 0 fully saturated rings. The molecule has 0 bridgehead atoms. The van der Waals surface area contributed by atoms with Crippen molar-refractivity contribution in [1.82, 2.24) is 0 Å². The van der Waals surface area contributed by atoms with E-state index in [4.69, 9.17) is 6.42 Å². The summed E-state index contributed by atoms with van der Waals surface area (Å²) in [6.45, 7) is 10.1. The third kappa shape index (κ3) is 4.90. The van der Waals surface area contributed by atoms with Crippen LogP contribution in [-0.4, -0.2) is 12.8 Å². The zero-order chi connectivity index (χ0) is 16.5. The van der Waals surface area contributed by atoms with E-state index in [-0.39, 0.29) is 0 Å². The fraction of sp³-hybridized carbons (Fsp3) is 0.286. The summed E-state index contributed by atoms with van der Waals surface area (Å²) in [5.74, 6) is 2.61. The zero-order valence-electron chi connectivity index (χ0n) is 14.1. The van der Waals surface area contributed by atoms with Gasteiger partial charge in [-0.05, 0) is 68.0 Å². The smallest absolute Gasteiger partial charge is 0.0420 e. The Kier molecular flexibility index (Phi) is 7.13. The fourth-order valence-corrected chi connectivity index (χ4v) is 2.37. The van der Waals surface area contributed by atoms with Gasteiger partial charge in [-0.25, -0.2) is 0 Å². The number of rotatable bonds is 6. The Bertz CT molecular complexity index is 664. The molecule has 0 amide bonds. The minimum atomic E-state index is 0.923. The number of aliphatic imine (C=N–C) groups is 1. The first-order chi connectivity index (χ1) is 10.5. The standard InChI is InChI=1S/C21H25N/c1-7-9-18(10-8-2)20-13-12-19(15-17(20)5)21(22-6)14-11-16(3)4/h1,8-10,12-13,15H,3,11,14H2,2,4-6H3/b10-8-,18-9+,22-21?. The van der Waals surface area contributed by atoms with Crippen molar-refractivity contribution in [3.8, 4) is 12.3 Å². The molecule has 1 aromatic rings. The molecule has 0 aliphatic heterocycles. The number of allylic oxidation sites excluding steroid dienone is 5. The summed E-state index contributed by atoms with van der Waals surface area (Å²) in [6.07, 6.45) is 13.2. The molecule has 0 heterocycles. The molecule has 0 saturated carbocycles. The average Bonchev–Trinajstić information content (AvgIpc) is 2.47. The first-order valence-corrected chi connectivity index (χ1v) is 7.53. The first-order valence-electron chi connectivity index (χ1n) is 7.53. The topological polar surface area (TPSA) is 12.4 Å². The summed E-state index contributed by atoms with van der Waals surface area (Å²) in [5.41, 5.74) is 6.90. The van der Waals surface area contributed by atoms with E-state index in [0.717, 1.165) is 29.7 Å². The van der Waals surface area contributed by atoms with Gasteiger partial charge in [0.15, 0.2) is 0 Å². The molecule has 1 heteroatoms. The second-order valence-corrected chi connectivity index (χ2v) is 5.42. The van der Waals surface area contributed by atoms with Crippen LogP contribution in [0.5, 0.6) is 0 Å². The van der Waals surface area contributed by atoms with Crippen LogP contribution in [0.1, 0.15) is 43.4 Å². The first kappa shape index (κ1) is 17.7. The number of hydrogen-bond acceptors (Lipinski definition) is 1. The lowest BCUT2D eigenvalue weighted by Gasteiger charge is -2.11. The maximum Gasteiger partial charge on any atom is 0.0420 e. The van der Waals surface area contributed by atoms with Gasteiger partial charge < -0.3 is 0 Å². The zero-order valence-corrected chi connectivity index (χ0v) is 14.1. The minimum absolute atomic E-state index is 0.923. The van der Waals surface area contributed by atoms with Gasteiger partial charge in [-0.1, -0.05) is 35.8 Å². The molecule has 0 unspecified atom stereocenters. The Hall–Kier alpha value is -2.33. The van der Waals surface area contributed by atoms with Crippen molar-refractivity contribution in [3.63, 3.8) is 0 Å². The third-order valence-corrected chi connectivity index (χ3v) is 3.51. The average molecular weight is 291 g/mol. The molecule has 0 N–H and O–H groups in total. The van der Waals surface area contributed by atoms with Crippen molar-refractivity contribution in [3.05, 3.63) is 65.3 Å². The Balaban J connectivity index is 3.15. The molecule has 0 spiro atoms. The van der Waals surface area contributed by atoms with Gasteiger partial charge in [-0.2, -0.15) is 0 Å². The van der Waals surface area contributed by atoms with Crippen LogP contribution >= 0.6 is 0 Å². The molecule has 22 heavy (non-hydrogen) atoms. The highest BCUT2D eigenvalue weighted by atomic mass is 14.7. The molecule has 0 atom stereocenters. The third-order valence-electron chi connectivity index (χ3n) is 3.51. The Labute approximate surface area is 135 Å². The minimum Gasteiger partial charge on any atom is -0.292 e. The normalized spacial score (nSPS) is 12.5. The van der Waals surface area contributed by atoms with E-state index >= 15 is 0 Å². The Morgan fingerprint density at radius 3 is 2.59 bits per heavy atom. The van der Waals surface area contributed by atoms with Crippen LogP contribution in [-0.2, 0) is 0 Å². The summed E-state index contributed by atoms with van der Waals surface area (Å²) in [4.78, 5) is 4.43. The molecular formula is C21H25N. The number of terminal acetylenes is 1. The maximum absolute atomic E-state index is 5.43. The lowest BCUT2D eigenvalue weighted by molar-refractivity contribution is 1.01. The van der Waals surface area contributed by atoms with E-state index in [2.05, 4.69) is 49.5 Å². The summed E-state index contributed by atoms with van der Waals surface area (Å²) in [7, 11) is 1.85. The molecule has 0 aliphatic carbocycles. The van der Waals surface area contributed by atoms with Gasteiger partial charge in [0.1, 0.15) is 0 Å². The van der Waals surface area contributed by atoms with Crippen molar-refractivity contribution in [2.45, 2.75) is 33.6 Å². The number of nitrogens with zero attached hydrogens (tertiary/aromatic N) is 1. The highest BCUT2D eigenvalue weighted by Crippen LogP contribution is 2.22. The van der Waals surface area contributed by atoms with Crippen molar-refractivity contribution < 1.29 is 0 Å². The van der Waals surface area contributed by atoms with Gasteiger partial charge in [0.2, 0.25) is 0 Å². The summed E-state index contributed by atoms with van der Waals surface area (Å²) in [5, 5.41) is 0. The summed E-state index contributed by atoms with van der Waals surface area (Å²) >= 11 is 0. The van der Waals surface area contributed by atoms with Gasteiger partial charge in [0.25, 0.3) is 0 Å². The maximum atomic E-state index is 5.43. The lowest BCUT2D eigenvalue weighted by Crippen LogP contribution is -2.02. The molecule has 1 aromatic carbocycles. The number of aryl methyl sites for hydroxylation is 1. The van der Waals surface area contributed by atoms with E-state index in [9.17, 15) is 0 Å². The van der Waals surface area contributed by atoms with E-state index in [1.165, 1.54) is 16.7 Å². The highest BCUT2D eigenvalue weighted by Gasteiger charge is 2.07. The van der Waals surface area contributed by atoms with Gasteiger partial charge in [0, 0.05) is 12.8 Å². The molecule has 0 saturated heterocycles. The second kappa shape index (κ2) is 8.85. The van der Waals surface area contributed by atoms with Gasteiger partial charge in [0.05, 0.1) is 0 Å².